The fraction of sp³-hybridized carbons (Fsp3) is 0.0476. The number of carbonyl (C=O) groups is 1. The summed E-state index contributed by atoms with van der Waals surface area (Å²) in [6.07, 6.45) is 2.36. The van der Waals surface area contributed by atoms with Crippen molar-refractivity contribution in [3.05, 3.63) is 98.2 Å². The third kappa shape index (κ3) is 4.56. The number of amides is 1. The number of carbonyl (C=O) groups excluding carboxylic acids is 1. The van der Waals surface area contributed by atoms with Gasteiger partial charge >= 0.3 is 0 Å². The van der Waals surface area contributed by atoms with Crippen LogP contribution in [0.4, 0.5) is 10.8 Å². The van der Waals surface area contributed by atoms with Crippen LogP contribution in [-0.4, -0.2) is 15.8 Å². The van der Waals surface area contributed by atoms with E-state index in [0.29, 0.717) is 27.9 Å². The number of halogens is 1. The van der Waals surface area contributed by atoms with Gasteiger partial charge in [0.2, 0.25) is 0 Å². The summed E-state index contributed by atoms with van der Waals surface area (Å²) in [4.78, 5) is 28.1. The molecule has 0 spiro atoms. The zero-order valence-corrected chi connectivity index (χ0v) is 16.9. The van der Waals surface area contributed by atoms with Gasteiger partial charge in [-0.1, -0.05) is 35.9 Å². The lowest BCUT2D eigenvalue weighted by molar-refractivity contribution is -0.384. The van der Waals surface area contributed by atoms with Gasteiger partial charge in [0.1, 0.15) is 5.76 Å². The van der Waals surface area contributed by atoms with Crippen molar-refractivity contribution in [2.24, 2.45) is 0 Å². The Hall–Kier alpha value is -3.49. The summed E-state index contributed by atoms with van der Waals surface area (Å²) in [6, 6.07) is 16.7. The fourth-order valence-electron chi connectivity index (χ4n) is 2.84. The molecule has 7 nitrogen and oxygen atoms in total. The maximum atomic E-state index is 12.5. The number of non-ortho nitro benzene ring substituents is 1. The number of hydrogen-bond acceptors (Lipinski definition) is 6. The number of anilines is 1. The molecule has 0 radical (unpaired) electrons. The van der Waals surface area contributed by atoms with Crippen molar-refractivity contribution >= 4 is 39.7 Å². The number of nitrogens with one attached hydrogen (secondary N) is 1. The summed E-state index contributed by atoms with van der Waals surface area (Å²) in [7, 11) is 0. The van der Waals surface area contributed by atoms with E-state index in [0.717, 1.165) is 10.4 Å². The van der Waals surface area contributed by atoms with E-state index in [2.05, 4.69) is 10.3 Å². The van der Waals surface area contributed by atoms with Gasteiger partial charge in [0.05, 0.1) is 4.92 Å². The predicted molar refractivity (Wildman–Crippen MR) is 115 cm³/mol. The second-order valence-corrected chi connectivity index (χ2v) is 7.92. The number of benzene rings is 2. The summed E-state index contributed by atoms with van der Waals surface area (Å²) < 4.78 is 5.58. The molecule has 2 aromatic heterocycles. The van der Waals surface area contributed by atoms with E-state index < -0.39 is 10.8 Å². The lowest BCUT2D eigenvalue weighted by Crippen LogP contribution is -2.10. The number of rotatable bonds is 6. The number of aromatic nitrogens is 1. The van der Waals surface area contributed by atoms with Crippen molar-refractivity contribution in [2.45, 2.75) is 6.42 Å². The molecule has 0 aliphatic carbocycles. The Kier molecular flexibility index (Phi) is 5.60. The molecule has 0 saturated heterocycles. The summed E-state index contributed by atoms with van der Waals surface area (Å²) >= 11 is 7.37. The zero-order valence-electron chi connectivity index (χ0n) is 15.4. The molecule has 4 aromatic rings. The molecule has 1 amide bonds. The molecule has 9 heteroatoms. The highest BCUT2D eigenvalue weighted by molar-refractivity contribution is 7.15. The Morgan fingerprint density at radius 1 is 1.17 bits per heavy atom. The van der Waals surface area contributed by atoms with Crippen molar-refractivity contribution in [2.75, 3.05) is 5.32 Å². The quantitative estimate of drug-likeness (QED) is 0.302. The Labute approximate surface area is 180 Å². The molecule has 30 heavy (non-hydrogen) atoms. The molecule has 150 valence electrons. The SMILES string of the molecule is O=C(Nc1ncc(Cc2cccc(Cl)c2)s1)c1ccc(-c2cccc([N+](=O)[O-])c2)o1. The normalized spacial score (nSPS) is 10.7. The Morgan fingerprint density at radius 3 is 2.80 bits per heavy atom. The van der Waals surface area contributed by atoms with E-state index in [1.807, 2.05) is 24.3 Å². The van der Waals surface area contributed by atoms with Gasteiger partial charge in [0.25, 0.3) is 11.6 Å². The van der Waals surface area contributed by atoms with Crippen LogP contribution in [0.1, 0.15) is 21.0 Å². The average molecular weight is 440 g/mol. The standard InChI is InChI=1S/C21H14ClN3O4S/c22-15-5-1-3-13(9-15)10-17-12-23-21(30-17)24-20(26)19-8-7-18(29-19)14-4-2-6-16(11-14)25(27)28/h1-9,11-12H,10H2,(H,23,24,26). The number of hydrogen-bond donors (Lipinski definition) is 1. The van der Waals surface area contributed by atoms with E-state index in [1.54, 1.807) is 24.4 Å². The minimum Gasteiger partial charge on any atom is -0.451 e. The summed E-state index contributed by atoms with van der Waals surface area (Å²) in [6.45, 7) is 0. The number of nitrogens with zero attached hydrogens (tertiary/aromatic N) is 2. The summed E-state index contributed by atoms with van der Waals surface area (Å²) in [5, 5.41) is 14.8. The molecular formula is C21H14ClN3O4S. The second-order valence-electron chi connectivity index (χ2n) is 6.36. The van der Waals surface area contributed by atoms with E-state index in [4.69, 9.17) is 16.0 Å². The van der Waals surface area contributed by atoms with Crippen LogP contribution in [-0.2, 0) is 6.42 Å². The lowest BCUT2D eigenvalue weighted by atomic mass is 10.1. The molecule has 0 fully saturated rings. The van der Waals surface area contributed by atoms with Gasteiger partial charge in [-0.15, -0.1) is 11.3 Å². The van der Waals surface area contributed by atoms with Crippen molar-refractivity contribution in [1.82, 2.24) is 4.98 Å². The molecule has 0 unspecified atom stereocenters. The van der Waals surface area contributed by atoms with E-state index in [9.17, 15) is 14.9 Å². The van der Waals surface area contributed by atoms with Crippen LogP contribution in [0.25, 0.3) is 11.3 Å². The molecule has 0 bridgehead atoms. The molecule has 2 heterocycles. The van der Waals surface area contributed by atoms with Gasteiger partial charge in [-0.25, -0.2) is 4.98 Å². The van der Waals surface area contributed by atoms with E-state index >= 15 is 0 Å². The molecule has 0 saturated carbocycles. The molecule has 1 N–H and O–H groups in total. The fourth-order valence-corrected chi connectivity index (χ4v) is 3.90. The van der Waals surface area contributed by atoms with Gasteiger partial charge < -0.3 is 4.42 Å². The first kappa shape index (κ1) is 19.8. The summed E-state index contributed by atoms with van der Waals surface area (Å²) in [5.41, 5.74) is 1.52. The summed E-state index contributed by atoms with van der Waals surface area (Å²) in [5.74, 6) is 0.00284. The monoisotopic (exact) mass is 439 g/mol. The van der Waals surface area contributed by atoms with Crippen molar-refractivity contribution in [3.63, 3.8) is 0 Å². The van der Waals surface area contributed by atoms with Gasteiger partial charge in [-0.3, -0.25) is 20.2 Å². The highest BCUT2D eigenvalue weighted by Gasteiger charge is 2.16. The smallest absolute Gasteiger partial charge is 0.293 e. The number of furan rings is 1. The lowest BCUT2D eigenvalue weighted by Gasteiger charge is -2.00. The molecule has 0 atom stereocenters. The first-order valence-electron chi connectivity index (χ1n) is 8.83. The van der Waals surface area contributed by atoms with Crippen LogP contribution in [0.15, 0.2) is 71.3 Å². The third-order valence-corrected chi connectivity index (χ3v) is 5.36. The minimum absolute atomic E-state index is 0.0510. The van der Waals surface area contributed by atoms with Crippen molar-refractivity contribution in [1.29, 1.82) is 0 Å². The van der Waals surface area contributed by atoms with Crippen LogP contribution < -0.4 is 5.32 Å². The van der Waals surface area contributed by atoms with Crippen LogP contribution in [0.2, 0.25) is 5.02 Å². The Balaban J connectivity index is 1.44. The highest BCUT2D eigenvalue weighted by atomic mass is 35.5. The van der Waals surface area contributed by atoms with E-state index in [1.165, 1.54) is 29.5 Å². The van der Waals surface area contributed by atoms with Gasteiger partial charge in [-0.2, -0.15) is 0 Å². The largest absolute Gasteiger partial charge is 0.451 e. The minimum atomic E-state index is -0.483. The number of nitro benzene ring substituents is 1. The molecule has 2 aromatic carbocycles. The van der Waals surface area contributed by atoms with Crippen LogP contribution in [0.5, 0.6) is 0 Å². The molecular weight excluding hydrogens is 426 g/mol. The molecule has 0 aliphatic rings. The maximum Gasteiger partial charge on any atom is 0.293 e. The molecule has 0 aliphatic heterocycles. The van der Waals surface area contributed by atoms with Gasteiger partial charge in [0.15, 0.2) is 10.9 Å². The van der Waals surface area contributed by atoms with Crippen molar-refractivity contribution in [3.8, 4) is 11.3 Å². The zero-order chi connectivity index (χ0) is 21.1. The van der Waals surface area contributed by atoms with Crippen LogP contribution >= 0.6 is 22.9 Å². The van der Waals surface area contributed by atoms with Crippen molar-refractivity contribution < 1.29 is 14.1 Å². The maximum absolute atomic E-state index is 12.5. The number of nitro groups is 1. The first-order chi connectivity index (χ1) is 14.5. The Morgan fingerprint density at radius 2 is 2.00 bits per heavy atom. The molecule has 4 rings (SSSR count). The second kappa shape index (κ2) is 8.48. The van der Waals surface area contributed by atoms with Gasteiger partial charge in [0, 0.05) is 40.2 Å². The first-order valence-corrected chi connectivity index (χ1v) is 10.0. The Bertz CT molecular complexity index is 1230. The highest BCUT2D eigenvalue weighted by Crippen LogP contribution is 2.27. The van der Waals surface area contributed by atoms with E-state index in [-0.39, 0.29) is 11.4 Å². The van der Waals surface area contributed by atoms with Crippen LogP contribution in [0, 0.1) is 10.1 Å². The van der Waals surface area contributed by atoms with Crippen LogP contribution in [0.3, 0.4) is 0 Å². The third-order valence-electron chi connectivity index (χ3n) is 4.21. The number of thiazole rings is 1. The predicted octanol–water partition coefficient (Wildman–Crippen LogP) is 5.81. The van der Waals surface area contributed by atoms with Gasteiger partial charge in [-0.05, 0) is 29.8 Å². The average Bonchev–Trinajstić information content (AvgIpc) is 3.38. The topological polar surface area (TPSA) is 98.3 Å².